The Morgan fingerprint density at radius 2 is 2.41 bits per heavy atom. The second kappa shape index (κ2) is 4.55. The zero-order valence-electron chi connectivity index (χ0n) is 9.81. The van der Waals surface area contributed by atoms with Gasteiger partial charge in [0.2, 0.25) is 0 Å². The molecule has 1 N–H and O–H groups in total. The number of thiazole rings is 1. The summed E-state index contributed by atoms with van der Waals surface area (Å²) in [5, 5.41) is 6.60. The summed E-state index contributed by atoms with van der Waals surface area (Å²) in [7, 11) is 0. The van der Waals surface area contributed by atoms with Crippen molar-refractivity contribution in [1.82, 2.24) is 15.3 Å². The lowest BCUT2D eigenvalue weighted by atomic mass is 10.1. The minimum Gasteiger partial charge on any atom is -0.310 e. The Balaban J connectivity index is 1.93. The van der Waals surface area contributed by atoms with Crippen LogP contribution in [0.5, 0.6) is 0 Å². The first kappa shape index (κ1) is 10.9. The molecule has 3 nitrogen and oxygen atoms in total. The lowest BCUT2D eigenvalue weighted by Crippen LogP contribution is -2.12. The third kappa shape index (κ3) is 2.23. The van der Waals surface area contributed by atoms with Gasteiger partial charge in [-0.3, -0.25) is 4.98 Å². The second-order valence-corrected chi connectivity index (χ2v) is 5.28. The van der Waals surface area contributed by atoms with E-state index in [1.165, 1.54) is 18.4 Å². The Hall–Kier alpha value is -1.26. The van der Waals surface area contributed by atoms with Gasteiger partial charge in [0, 0.05) is 23.3 Å². The van der Waals surface area contributed by atoms with Crippen LogP contribution >= 0.6 is 11.3 Å². The predicted octanol–water partition coefficient (Wildman–Crippen LogP) is 2.94. The van der Waals surface area contributed by atoms with Crippen LogP contribution in [-0.2, 0) is 0 Å². The van der Waals surface area contributed by atoms with Crippen molar-refractivity contribution in [3.05, 3.63) is 35.0 Å². The maximum absolute atomic E-state index is 4.48. The van der Waals surface area contributed by atoms with Crippen LogP contribution in [-0.4, -0.2) is 16.5 Å². The fraction of sp³-hybridized carbons (Fsp3) is 0.385. The normalized spacial score (nSPS) is 19.7. The zero-order valence-corrected chi connectivity index (χ0v) is 10.6. The number of hydrogen-bond acceptors (Lipinski definition) is 4. The SMILES string of the molecule is Cc1csc(-c2cc(C3CCCN3)ccn2)n1. The first-order valence-electron chi connectivity index (χ1n) is 5.95. The van der Waals surface area contributed by atoms with E-state index >= 15 is 0 Å². The van der Waals surface area contributed by atoms with E-state index in [-0.39, 0.29) is 0 Å². The Morgan fingerprint density at radius 1 is 1.47 bits per heavy atom. The summed E-state index contributed by atoms with van der Waals surface area (Å²) < 4.78 is 0. The highest BCUT2D eigenvalue weighted by molar-refractivity contribution is 7.13. The molecule has 3 rings (SSSR count). The average Bonchev–Trinajstić information content (AvgIpc) is 3.00. The maximum atomic E-state index is 4.48. The van der Waals surface area contributed by atoms with Crippen molar-refractivity contribution in [2.45, 2.75) is 25.8 Å². The minimum atomic E-state index is 0.498. The highest BCUT2D eigenvalue weighted by Crippen LogP contribution is 2.27. The van der Waals surface area contributed by atoms with E-state index in [0.29, 0.717) is 6.04 Å². The lowest BCUT2D eigenvalue weighted by Gasteiger charge is -2.10. The minimum absolute atomic E-state index is 0.498. The van der Waals surface area contributed by atoms with Gasteiger partial charge in [0.15, 0.2) is 0 Å². The molecule has 4 heteroatoms. The molecule has 1 fully saturated rings. The molecule has 0 aromatic carbocycles. The van der Waals surface area contributed by atoms with E-state index in [4.69, 9.17) is 0 Å². The Kier molecular flexibility index (Phi) is 2.91. The van der Waals surface area contributed by atoms with Crippen LogP contribution < -0.4 is 5.32 Å². The van der Waals surface area contributed by atoms with Crippen LogP contribution in [0.15, 0.2) is 23.7 Å². The van der Waals surface area contributed by atoms with E-state index in [1.54, 1.807) is 11.3 Å². The Labute approximate surface area is 105 Å². The van der Waals surface area contributed by atoms with Gasteiger partial charge in [0.25, 0.3) is 0 Å². The third-order valence-corrected chi connectivity index (χ3v) is 4.07. The van der Waals surface area contributed by atoms with Gasteiger partial charge in [-0.1, -0.05) is 0 Å². The smallest absolute Gasteiger partial charge is 0.142 e. The summed E-state index contributed by atoms with van der Waals surface area (Å²) >= 11 is 1.66. The van der Waals surface area contributed by atoms with Gasteiger partial charge in [-0.05, 0) is 44.0 Å². The molecular weight excluding hydrogens is 230 g/mol. The van der Waals surface area contributed by atoms with Crippen LogP contribution in [0.3, 0.4) is 0 Å². The first-order valence-corrected chi connectivity index (χ1v) is 6.83. The third-order valence-electron chi connectivity index (χ3n) is 3.08. The molecule has 1 unspecified atom stereocenters. The molecule has 0 aliphatic carbocycles. The maximum Gasteiger partial charge on any atom is 0.142 e. The predicted molar refractivity (Wildman–Crippen MR) is 70.1 cm³/mol. The van der Waals surface area contributed by atoms with Crippen molar-refractivity contribution in [3.8, 4) is 10.7 Å². The summed E-state index contributed by atoms with van der Waals surface area (Å²) in [5.74, 6) is 0. The molecule has 2 aromatic rings. The van der Waals surface area contributed by atoms with Gasteiger partial charge in [-0.15, -0.1) is 11.3 Å². The molecule has 3 heterocycles. The molecule has 88 valence electrons. The molecule has 17 heavy (non-hydrogen) atoms. The van der Waals surface area contributed by atoms with Gasteiger partial charge in [0.1, 0.15) is 5.01 Å². The van der Waals surface area contributed by atoms with Crippen molar-refractivity contribution in [2.24, 2.45) is 0 Å². The highest BCUT2D eigenvalue weighted by atomic mass is 32.1. The summed E-state index contributed by atoms with van der Waals surface area (Å²) in [6, 6.07) is 4.77. The zero-order chi connectivity index (χ0) is 11.7. The van der Waals surface area contributed by atoms with Crippen LogP contribution in [0.1, 0.15) is 30.1 Å². The van der Waals surface area contributed by atoms with E-state index in [1.807, 2.05) is 13.1 Å². The Bertz CT molecular complexity index is 515. The Morgan fingerprint density at radius 3 is 3.12 bits per heavy atom. The standard InChI is InChI=1S/C13H15N3S/c1-9-8-17-13(16-9)12-7-10(4-6-15-12)11-3-2-5-14-11/h4,6-8,11,14H,2-3,5H2,1H3. The highest BCUT2D eigenvalue weighted by Gasteiger charge is 2.17. The quantitative estimate of drug-likeness (QED) is 0.884. The molecule has 1 saturated heterocycles. The first-order chi connectivity index (χ1) is 8.33. The van der Waals surface area contributed by atoms with Gasteiger partial charge in [0.05, 0.1) is 5.69 Å². The number of pyridine rings is 1. The van der Waals surface area contributed by atoms with Crippen LogP contribution in [0.4, 0.5) is 0 Å². The molecule has 2 aromatic heterocycles. The molecule has 1 atom stereocenters. The van der Waals surface area contributed by atoms with E-state index in [2.05, 4.69) is 32.8 Å². The largest absolute Gasteiger partial charge is 0.310 e. The second-order valence-electron chi connectivity index (χ2n) is 4.42. The van der Waals surface area contributed by atoms with Crippen molar-refractivity contribution < 1.29 is 0 Å². The van der Waals surface area contributed by atoms with Gasteiger partial charge in [-0.25, -0.2) is 4.98 Å². The number of rotatable bonds is 2. The molecule has 0 saturated carbocycles. The van der Waals surface area contributed by atoms with E-state index in [0.717, 1.165) is 22.9 Å². The lowest BCUT2D eigenvalue weighted by molar-refractivity contribution is 0.647. The summed E-state index contributed by atoms with van der Waals surface area (Å²) in [4.78, 5) is 8.90. The average molecular weight is 245 g/mol. The number of aryl methyl sites for hydroxylation is 1. The van der Waals surface area contributed by atoms with Crippen LogP contribution in [0, 0.1) is 6.92 Å². The van der Waals surface area contributed by atoms with E-state index < -0.39 is 0 Å². The summed E-state index contributed by atoms with van der Waals surface area (Å²) in [5.41, 5.74) is 3.39. The molecule has 0 radical (unpaired) electrons. The topological polar surface area (TPSA) is 37.8 Å². The van der Waals surface area contributed by atoms with Crippen molar-refractivity contribution in [3.63, 3.8) is 0 Å². The molecule has 0 amide bonds. The molecular formula is C13H15N3S. The monoisotopic (exact) mass is 245 g/mol. The molecule has 1 aliphatic rings. The molecule has 1 aliphatic heterocycles. The van der Waals surface area contributed by atoms with Gasteiger partial charge >= 0.3 is 0 Å². The van der Waals surface area contributed by atoms with Gasteiger partial charge < -0.3 is 5.32 Å². The van der Waals surface area contributed by atoms with E-state index in [9.17, 15) is 0 Å². The van der Waals surface area contributed by atoms with Crippen LogP contribution in [0.2, 0.25) is 0 Å². The fourth-order valence-electron chi connectivity index (χ4n) is 2.22. The summed E-state index contributed by atoms with van der Waals surface area (Å²) in [6.07, 6.45) is 4.38. The molecule has 0 spiro atoms. The molecule has 0 bridgehead atoms. The number of hydrogen-bond donors (Lipinski definition) is 1. The van der Waals surface area contributed by atoms with Crippen molar-refractivity contribution in [1.29, 1.82) is 0 Å². The summed E-state index contributed by atoms with van der Waals surface area (Å²) in [6.45, 7) is 3.14. The van der Waals surface area contributed by atoms with Gasteiger partial charge in [-0.2, -0.15) is 0 Å². The fourth-order valence-corrected chi connectivity index (χ4v) is 2.99. The number of aromatic nitrogens is 2. The number of nitrogens with zero attached hydrogens (tertiary/aromatic N) is 2. The van der Waals surface area contributed by atoms with Crippen molar-refractivity contribution in [2.75, 3.05) is 6.54 Å². The van der Waals surface area contributed by atoms with Crippen molar-refractivity contribution >= 4 is 11.3 Å². The number of nitrogens with one attached hydrogen (secondary N) is 1. The van der Waals surface area contributed by atoms with Crippen LogP contribution in [0.25, 0.3) is 10.7 Å².